The minimum absolute atomic E-state index is 0.110. The maximum atomic E-state index is 12.6. The van der Waals surface area contributed by atoms with Gasteiger partial charge in [-0.15, -0.1) is 0 Å². The molecular formula is C20H30N4O4. The maximum absolute atomic E-state index is 12.6. The maximum Gasteiger partial charge on any atom is 0.356 e. The van der Waals surface area contributed by atoms with Crippen molar-refractivity contribution in [1.82, 2.24) is 9.55 Å². The third-order valence-corrected chi connectivity index (χ3v) is 4.22. The van der Waals surface area contributed by atoms with Crippen LogP contribution in [0.2, 0.25) is 0 Å². The number of esters is 1. The number of nitrogens with zero attached hydrogens (tertiary/aromatic N) is 2. The molecule has 0 radical (unpaired) electrons. The van der Waals surface area contributed by atoms with Gasteiger partial charge in [-0.25, -0.2) is 9.78 Å². The van der Waals surface area contributed by atoms with Gasteiger partial charge in [0.25, 0.3) is 0 Å². The predicted molar refractivity (Wildman–Crippen MR) is 109 cm³/mol. The minimum Gasteiger partial charge on any atom is -0.464 e. The van der Waals surface area contributed by atoms with E-state index in [1.54, 1.807) is 12.3 Å². The number of hydrogen-bond donors (Lipinski definition) is 2. The number of amides is 1. The second-order valence-electron chi connectivity index (χ2n) is 7.42. The van der Waals surface area contributed by atoms with Gasteiger partial charge in [-0.3, -0.25) is 4.79 Å². The van der Waals surface area contributed by atoms with Gasteiger partial charge in [-0.2, -0.15) is 0 Å². The molecule has 0 aromatic carbocycles. The molecule has 2 aliphatic heterocycles. The van der Waals surface area contributed by atoms with Crippen molar-refractivity contribution in [2.24, 2.45) is 5.92 Å². The molecule has 0 aromatic rings. The lowest BCUT2D eigenvalue weighted by molar-refractivity contribution is -0.119. The summed E-state index contributed by atoms with van der Waals surface area (Å²) in [4.78, 5) is 29.3. The van der Waals surface area contributed by atoms with E-state index in [-0.39, 0.29) is 24.2 Å². The van der Waals surface area contributed by atoms with Gasteiger partial charge < -0.3 is 24.7 Å². The summed E-state index contributed by atoms with van der Waals surface area (Å²) in [5.41, 5.74) is 2.33. The van der Waals surface area contributed by atoms with Gasteiger partial charge in [0.1, 0.15) is 12.4 Å². The summed E-state index contributed by atoms with van der Waals surface area (Å²) >= 11 is 0. The van der Waals surface area contributed by atoms with Crippen LogP contribution in [0.3, 0.4) is 0 Å². The van der Waals surface area contributed by atoms with Crippen LogP contribution in [0.25, 0.3) is 11.4 Å². The number of pyridine rings is 1. The fraction of sp³-hybridized carbons (Fsp3) is 0.550. The SMILES string of the molecule is COCC(=O)Nc1cc2c(NC(C)C)cnc-2n(CCC(C)C)c1C(=O)OC. The summed E-state index contributed by atoms with van der Waals surface area (Å²) in [7, 11) is 2.77. The van der Waals surface area contributed by atoms with Gasteiger partial charge in [0.2, 0.25) is 5.91 Å². The van der Waals surface area contributed by atoms with Gasteiger partial charge in [0, 0.05) is 25.3 Å². The van der Waals surface area contributed by atoms with Crippen molar-refractivity contribution >= 4 is 23.3 Å². The van der Waals surface area contributed by atoms with Crippen molar-refractivity contribution in [2.45, 2.75) is 46.7 Å². The molecule has 0 spiro atoms. The highest BCUT2D eigenvalue weighted by Crippen LogP contribution is 2.36. The highest BCUT2D eigenvalue weighted by atomic mass is 16.5. The zero-order valence-corrected chi connectivity index (χ0v) is 17.5. The molecular weight excluding hydrogens is 360 g/mol. The number of rotatable bonds is 9. The lowest BCUT2D eigenvalue weighted by Crippen LogP contribution is -2.24. The molecule has 0 saturated carbocycles. The van der Waals surface area contributed by atoms with Crippen molar-refractivity contribution in [3.63, 3.8) is 0 Å². The molecule has 0 saturated heterocycles. The largest absolute Gasteiger partial charge is 0.464 e. The predicted octanol–water partition coefficient (Wildman–Crippen LogP) is 3.23. The van der Waals surface area contributed by atoms with E-state index in [2.05, 4.69) is 29.5 Å². The zero-order chi connectivity index (χ0) is 20.8. The minimum atomic E-state index is -0.528. The van der Waals surface area contributed by atoms with Crippen molar-refractivity contribution in [3.8, 4) is 11.4 Å². The van der Waals surface area contributed by atoms with E-state index < -0.39 is 5.97 Å². The number of methoxy groups -OCH3 is 2. The average Bonchev–Trinajstić information content (AvgIpc) is 3.00. The second kappa shape index (κ2) is 9.54. The number of fused-ring (bicyclic) bond motifs is 1. The smallest absolute Gasteiger partial charge is 0.356 e. The molecule has 0 fully saturated rings. The number of nitrogens with one attached hydrogen (secondary N) is 2. The standard InChI is InChI=1S/C20H30N4O4/c1-12(2)7-8-24-18(20(26)28-6)15(23-17(25)11-27-5)9-14-16(22-13(3)4)10-21-19(14)24/h9-10,12-13,22H,7-8,11H2,1-6H3,(H,23,25). The Morgan fingerprint density at radius 1 is 1.18 bits per heavy atom. The number of anilines is 2. The van der Waals surface area contributed by atoms with Crippen molar-refractivity contribution in [2.75, 3.05) is 31.5 Å². The molecule has 2 rings (SSSR count). The topological polar surface area (TPSA) is 94.5 Å². The summed E-state index contributed by atoms with van der Waals surface area (Å²) < 4.78 is 11.7. The van der Waals surface area contributed by atoms with Crippen LogP contribution in [0.1, 0.15) is 44.6 Å². The van der Waals surface area contributed by atoms with Gasteiger partial charge in [0.05, 0.1) is 24.7 Å². The highest BCUT2D eigenvalue weighted by molar-refractivity contribution is 6.02. The van der Waals surface area contributed by atoms with E-state index in [0.29, 0.717) is 24.0 Å². The Morgan fingerprint density at radius 2 is 1.89 bits per heavy atom. The molecule has 1 amide bonds. The normalized spacial score (nSPS) is 11.3. The monoisotopic (exact) mass is 390 g/mol. The second-order valence-corrected chi connectivity index (χ2v) is 7.42. The Kier molecular flexibility index (Phi) is 7.39. The molecule has 0 atom stereocenters. The molecule has 8 heteroatoms. The van der Waals surface area contributed by atoms with E-state index in [0.717, 1.165) is 17.7 Å². The van der Waals surface area contributed by atoms with Crippen LogP contribution in [-0.4, -0.2) is 48.3 Å². The molecule has 2 heterocycles. The first kappa shape index (κ1) is 21.7. The average molecular weight is 390 g/mol. The van der Waals surface area contributed by atoms with Crippen molar-refractivity contribution < 1.29 is 19.1 Å². The quantitative estimate of drug-likeness (QED) is 0.639. The first-order valence-electron chi connectivity index (χ1n) is 9.44. The molecule has 28 heavy (non-hydrogen) atoms. The number of ether oxygens (including phenoxy) is 2. The van der Waals surface area contributed by atoms with Gasteiger partial charge in [-0.1, -0.05) is 13.8 Å². The molecule has 0 unspecified atom stereocenters. The molecule has 0 aromatic heterocycles. The third-order valence-electron chi connectivity index (χ3n) is 4.22. The van der Waals surface area contributed by atoms with E-state index in [9.17, 15) is 9.59 Å². The summed E-state index contributed by atoms with van der Waals surface area (Å²) in [6.07, 6.45) is 2.59. The van der Waals surface area contributed by atoms with Crippen LogP contribution < -0.4 is 10.6 Å². The van der Waals surface area contributed by atoms with Crippen molar-refractivity contribution in [1.29, 1.82) is 0 Å². The zero-order valence-electron chi connectivity index (χ0n) is 17.5. The van der Waals surface area contributed by atoms with Crippen LogP contribution in [-0.2, 0) is 20.8 Å². The Bertz CT molecular complexity index is 798. The van der Waals surface area contributed by atoms with Crippen LogP contribution in [0.15, 0.2) is 12.3 Å². The Hall–Kier alpha value is -2.61. The van der Waals surface area contributed by atoms with E-state index in [4.69, 9.17) is 9.47 Å². The first-order valence-corrected chi connectivity index (χ1v) is 9.44. The Balaban J connectivity index is 2.66. The summed E-state index contributed by atoms with van der Waals surface area (Å²) in [5, 5.41) is 6.13. The Morgan fingerprint density at radius 3 is 2.46 bits per heavy atom. The fourth-order valence-corrected chi connectivity index (χ4v) is 2.97. The number of carbonyl (C=O) groups excluding carboxylic acids is 2. The fourth-order valence-electron chi connectivity index (χ4n) is 2.97. The first-order chi connectivity index (χ1) is 13.3. The summed E-state index contributed by atoms with van der Waals surface area (Å²) in [5.74, 6) is 0.233. The van der Waals surface area contributed by atoms with Gasteiger partial charge in [0.15, 0.2) is 5.69 Å². The van der Waals surface area contributed by atoms with Crippen molar-refractivity contribution in [3.05, 3.63) is 18.0 Å². The lowest BCUT2D eigenvalue weighted by Gasteiger charge is -2.22. The van der Waals surface area contributed by atoms with Crippen LogP contribution in [0, 0.1) is 5.92 Å². The molecule has 0 bridgehead atoms. The van der Waals surface area contributed by atoms with E-state index in [1.165, 1.54) is 14.2 Å². The van der Waals surface area contributed by atoms with E-state index >= 15 is 0 Å². The van der Waals surface area contributed by atoms with Crippen LogP contribution >= 0.6 is 0 Å². The highest BCUT2D eigenvalue weighted by Gasteiger charge is 2.26. The number of carbonyl (C=O) groups is 2. The number of hydrogen-bond acceptors (Lipinski definition) is 6. The molecule has 0 aliphatic carbocycles. The summed E-state index contributed by atoms with van der Waals surface area (Å²) in [6, 6.07) is 1.97. The van der Waals surface area contributed by atoms with Gasteiger partial charge in [-0.05, 0) is 32.3 Å². The van der Waals surface area contributed by atoms with Crippen LogP contribution in [0.4, 0.5) is 11.4 Å². The third kappa shape index (κ3) is 5.01. The summed E-state index contributed by atoms with van der Waals surface area (Å²) in [6.45, 7) is 8.77. The van der Waals surface area contributed by atoms with E-state index in [1.807, 2.05) is 18.4 Å². The molecule has 2 N–H and O–H groups in total. The molecule has 154 valence electrons. The molecule has 8 nitrogen and oxygen atoms in total. The Labute approximate surface area is 166 Å². The van der Waals surface area contributed by atoms with Gasteiger partial charge >= 0.3 is 5.97 Å². The number of aromatic nitrogens is 2. The van der Waals surface area contributed by atoms with Crippen LogP contribution in [0.5, 0.6) is 0 Å². The molecule has 2 aliphatic rings. The lowest BCUT2D eigenvalue weighted by atomic mass is 10.1.